The quantitative estimate of drug-likeness (QED) is 0.619. The zero-order valence-corrected chi connectivity index (χ0v) is 17.4. The molecule has 0 saturated carbocycles. The van der Waals surface area contributed by atoms with Gasteiger partial charge < -0.3 is 25.6 Å². The van der Waals surface area contributed by atoms with Gasteiger partial charge >= 0.3 is 5.97 Å². The molecule has 31 heavy (non-hydrogen) atoms. The standard InChI is InChI=1S/C20H20FNO4.CH3NO.CH4O/c1-13-2-11-18(20(24)25)22(13)19(23)12-14-3-7-16(8-4-14)26-17-9-5-15(21)6-10-17;2-1-3;1-2/h3-10,13,18H,2,11-12H2,1H3,(H,24,25);1H,(H2,2,3);2H,1H3. The first-order chi connectivity index (χ1) is 14.8. The van der Waals surface area contributed by atoms with Gasteiger partial charge in [-0.3, -0.25) is 9.59 Å². The van der Waals surface area contributed by atoms with Crippen molar-refractivity contribution in [2.24, 2.45) is 5.73 Å². The van der Waals surface area contributed by atoms with E-state index in [2.05, 4.69) is 5.73 Å². The molecule has 2 atom stereocenters. The van der Waals surface area contributed by atoms with Crippen LogP contribution in [0.1, 0.15) is 25.3 Å². The summed E-state index contributed by atoms with van der Waals surface area (Å²) in [5.41, 5.74) is 4.95. The van der Waals surface area contributed by atoms with E-state index >= 15 is 0 Å². The van der Waals surface area contributed by atoms with E-state index in [0.717, 1.165) is 12.7 Å². The lowest BCUT2D eigenvalue weighted by molar-refractivity contribution is -0.149. The van der Waals surface area contributed by atoms with Crippen LogP contribution in [0.2, 0.25) is 0 Å². The number of aliphatic carboxylic acids is 1. The Morgan fingerprint density at radius 1 is 1.10 bits per heavy atom. The van der Waals surface area contributed by atoms with Crippen LogP contribution < -0.4 is 10.5 Å². The topological polar surface area (TPSA) is 130 Å². The number of carboxylic acid groups (broad SMARTS) is 1. The van der Waals surface area contributed by atoms with E-state index < -0.39 is 12.0 Å². The van der Waals surface area contributed by atoms with Crippen molar-refractivity contribution >= 4 is 18.3 Å². The molecule has 2 aromatic rings. The molecule has 1 heterocycles. The highest BCUT2D eigenvalue weighted by Gasteiger charge is 2.38. The molecule has 1 aliphatic heterocycles. The maximum atomic E-state index is 12.9. The number of primary amides is 1. The summed E-state index contributed by atoms with van der Waals surface area (Å²) in [6, 6.07) is 11.9. The van der Waals surface area contributed by atoms with Crippen LogP contribution >= 0.6 is 0 Å². The number of hydrogen-bond donors (Lipinski definition) is 3. The summed E-state index contributed by atoms with van der Waals surface area (Å²) in [7, 11) is 1.00. The minimum atomic E-state index is -0.953. The summed E-state index contributed by atoms with van der Waals surface area (Å²) in [6.07, 6.45) is 1.59. The largest absolute Gasteiger partial charge is 0.480 e. The summed E-state index contributed by atoms with van der Waals surface area (Å²) < 4.78 is 18.5. The van der Waals surface area contributed by atoms with E-state index in [-0.39, 0.29) is 30.6 Å². The van der Waals surface area contributed by atoms with Gasteiger partial charge in [0.15, 0.2) is 0 Å². The molecule has 9 heteroatoms. The molecule has 2 aromatic carbocycles. The third-order valence-corrected chi connectivity index (χ3v) is 4.57. The van der Waals surface area contributed by atoms with E-state index in [9.17, 15) is 19.1 Å². The van der Waals surface area contributed by atoms with E-state index in [1.807, 2.05) is 6.92 Å². The Morgan fingerprint density at radius 2 is 1.58 bits per heavy atom. The first kappa shape index (κ1) is 25.6. The van der Waals surface area contributed by atoms with Crippen LogP contribution in [0.25, 0.3) is 0 Å². The van der Waals surface area contributed by atoms with Gasteiger partial charge in [0.25, 0.3) is 0 Å². The molecule has 1 fully saturated rings. The number of carboxylic acids is 1. The second-order valence-electron chi connectivity index (χ2n) is 6.59. The van der Waals surface area contributed by atoms with Gasteiger partial charge in [-0.05, 0) is 61.7 Å². The van der Waals surface area contributed by atoms with Crippen molar-refractivity contribution in [1.29, 1.82) is 0 Å². The zero-order valence-electron chi connectivity index (χ0n) is 17.4. The number of nitrogens with zero attached hydrogens (tertiary/aromatic N) is 1. The monoisotopic (exact) mass is 434 g/mol. The molecule has 2 unspecified atom stereocenters. The minimum Gasteiger partial charge on any atom is -0.480 e. The maximum absolute atomic E-state index is 12.9. The highest BCUT2D eigenvalue weighted by molar-refractivity contribution is 5.86. The molecule has 4 N–H and O–H groups in total. The van der Waals surface area contributed by atoms with Gasteiger partial charge in [0, 0.05) is 13.2 Å². The van der Waals surface area contributed by atoms with Gasteiger partial charge in [-0.2, -0.15) is 0 Å². The summed E-state index contributed by atoms with van der Waals surface area (Å²) in [5, 5.41) is 16.3. The van der Waals surface area contributed by atoms with Gasteiger partial charge in [0.05, 0.1) is 6.42 Å². The molecule has 8 nitrogen and oxygen atoms in total. The molecule has 2 amide bonds. The van der Waals surface area contributed by atoms with E-state index in [0.29, 0.717) is 24.3 Å². The Hall–Kier alpha value is -3.46. The number of carbonyl (C=O) groups excluding carboxylic acids is 2. The Balaban J connectivity index is 0.000000884. The number of ether oxygens (including phenoxy) is 1. The molecular weight excluding hydrogens is 407 g/mol. The summed E-state index contributed by atoms with van der Waals surface area (Å²) in [6.45, 7) is 1.88. The number of rotatable bonds is 5. The molecule has 0 spiro atoms. The Kier molecular flexibility index (Phi) is 10.7. The molecule has 0 radical (unpaired) electrons. The van der Waals surface area contributed by atoms with Gasteiger partial charge in [-0.25, -0.2) is 9.18 Å². The lowest BCUT2D eigenvalue weighted by Crippen LogP contribution is -2.44. The number of carbonyl (C=O) groups is 3. The van der Waals surface area contributed by atoms with Crippen molar-refractivity contribution in [1.82, 2.24) is 4.90 Å². The maximum Gasteiger partial charge on any atom is 0.326 e. The van der Waals surface area contributed by atoms with Crippen molar-refractivity contribution in [2.75, 3.05) is 7.11 Å². The number of likely N-dealkylation sites (tertiary alicyclic amines) is 1. The molecular formula is C22H27FN2O6. The molecule has 1 aliphatic rings. The highest BCUT2D eigenvalue weighted by atomic mass is 19.1. The fourth-order valence-corrected chi connectivity index (χ4v) is 3.23. The smallest absolute Gasteiger partial charge is 0.326 e. The number of aliphatic hydroxyl groups excluding tert-OH is 1. The van der Waals surface area contributed by atoms with Gasteiger partial charge in [-0.1, -0.05) is 12.1 Å². The Morgan fingerprint density at radius 3 is 2.06 bits per heavy atom. The van der Waals surface area contributed by atoms with E-state index in [1.165, 1.54) is 29.2 Å². The molecule has 0 aliphatic carbocycles. The fourth-order valence-electron chi connectivity index (χ4n) is 3.23. The van der Waals surface area contributed by atoms with Crippen molar-refractivity contribution in [3.05, 3.63) is 59.9 Å². The fraction of sp³-hybridized carbons (Fsp3) is 0.318. The van der Waals surface area contributed by atoms with Crippen molar-refractivity contribution in [3.8, 4) is 11.5 Å². The second kappa shape index (κ2) is 13.0. The Bertz CT molecular complexity index is 842. The van der Waals surface area contributed by atoms with Crippen LogP contribution in [0.15, 0.2) is 48.5 Å². The third-order valence-electron chi connectivity index (χ3n) is 4.57. The third kappa shape index (κ3) is 7.71. The lowest BCUT2D eigenvalue weighted by atomic mass is 10.1. The summed E-state index contributed by atoms with van der Waals surface area (Å²) in [5.74, 6) is -0.376. The average Bonchev–Trinajstić information content (AvgIpc) is 3.15. The lowest BCUT2D eigenvalue weighted by Gasteiger charge is -2.26. The number of benzene rings is 2. The highest BCUT2D eigenvalue weighted by Crippen LogP contribution is 2.26. The normalized spacial score (nSPS) is 16.8. The van der Waals surface area contributed by atoms with Crippen LogP contribution in [-0.2, 0) is 20.8 Å². The predicted octanol–water partition coefficient (Wildman–Crippen LogP) is 2.33. The van der Waals surface area contributed by atoms with Crippen LogP contribution in [0.5, 0.6) is 11.5 Å². The van der Waals surface area contributed by atoms with Crippen LogP contribution in [0.3, 0.4) is 0 Å². The molecule has 0 aromatic heterocycles. The molecule has 3 rings (SSSR count). The van der Waals surface area contributed by atoms with Crippen molar-refractivity contribution < 1.29 is 33.7 Å². The summed E-state index contributed by atoms with van der Waals surface area (Å²) in [4.78, 5) is 33.9. The molecule has 0 bridgehead atoms. The SMILES string of the molecule is CC1CCC(C(=O)O)N1C(=O)Cc1ccc(Oc2ccc(F)cc2)cc1.CO.NC=O. The average molecular weight is 434 g/mol. The van der Waals surface area contributed by atoms with E-state index in [4.69, 9.17) is 14.6 Å². The number of halogens is 1. The van der Waals surface area contributed by atoms with Crippen LogP contribution in [-0.4, -0.2) is 52.6 Å². The number of hydrogen-bond acceptors (Lipinski definition) is 5. The van der Waals surface area contributed by atoms with Crippen LogP contribution in [0, 0.1) is 5.82 Å². The number of amides is 2. The summed E-state index contributed by atoms with van der Waals surface area (Å²) >= 11 is 0. The first-order valence-electron chi connectivity index (χ1n) is 9.52. The van der Waals surface area contributed by atoms with E-state index in [1.54, 1.807) is 24.3 Å². The van der Waals surface area contributed by atoms with Crippen molar-refractivity contribution in [3.63, 3.8) is 0 Å². The van der Waals surface area contributed by atoms with Crippen LogP contribution in [0.4, 0.5) is 4.39 Å². The second-order valence-corrected chi connectivity index (χ2v) is 6.59. The Labute approximate surface area is 180 Å². The number of nitrogens with two attached hydrogens (primary N) is 1. The molecule has 1 saturated heterocycles. The number of aliphatic hydroxyl groups is 1. The molecule has 168 valence electrons. The van der Waals surface area contributed by atoms with Gasteiger partial charge in [-0.15, -0.1) is 0 Å². The predicted molar refractivity (Wildman–Crippen MR) is 112 cm³/mol. The van der Waals surface area contributed by atoms with Crippen molar-refractivity contribution in [2.45, 2.75) is 38.3 Å². The first-order valence-corrected chi connectivity index (χ1v) is 9.52. The van der Waals surface area contributed by atoms with Gasteiger partial charge in [0.2, 0.25) is 12.3 Å². The van der Waals surface area contributed by atoms with Gasteiger partial charge in [0.1, 0.15) is 23.4 Å². The zero-order chi connectivity index (χ0) is 23.4. The minimum absolute atomic E-state index is 0.0651.